The summed E-state index contributed by atoms with van der Waals surface area (Å²) in [4.78, 5) is 0. The van der Waals surface area contributed by atoms with Crippen molar-refractivity contribution in [3.05, 3.63) is 0 Å². The molecule has 3 unspecified atom stereocenters. The molecule has 1 aliphatic carbocycles. The van der Waals surface area contributed by atoms with E-state index in [0.29, 0.717) is 6.04 Å². The smallest absolute Gasteiger partial charge is 0.0620 e. The molecule has 0 aromatic heterocycles. The van der Waals surface area contributed by atoms with Gasteiger partial charge in [0.2, 0.25) is 0 Å². The van der Waals surface area contributed by atoms with Crippen LogP contribution in [0.5, 0.6) is 0 Å². The SMILES string of the molecule is CC(C1CC1)C1CCOCC1N.Cl.Cl.N. The third-order valence-electron chi connectivity index (χ3n) is 3.50. The van der Waals surface area contributed by atoms with Crippen LogP contribution in [0.1, 0.15) is 26.2 Å². The maximum atomic E-state index is 6.02. The Morgan fingerprint density at radius 2 is 1.80 bits per heavy atom. The van der Waals surface area contributed by atoms with Crippen molar-refractivity contribution >= 4 is 24.8 Å². The zero-order valence-corrected chi connectivity index (χ0v) is 11.0. The summed E-state index contributed by atoms with van der Waals surface area (Å²) in [6, 6.07) is 0.300. The molecule has 3 nitrogen and oxygen atoms in total. The maximum Gasteiger partial charge on any atom is 0.0620 e. The fourth-order valence-electron chi connectivity index (χ4n) is 2.40. The lowest BCUT2D eigenvalue weighted by atomic mass is 9.81. The molecule has 2 aliphatic rings. The zero-order valence-electron chi connectivity index (χ0n) is 9.35. The van der Waals surface area contributed by atoms with E-state index >= 15 is 0 Å². The summed E-state index contributed by atoms with van der Waals surface area (Å²) >= 11 is 0. The van der Waals surface area contributed by atoms with Crippen molar-refractivity contribution in [3.8, 4) is 0 Å². The Bertz CT molecular complexity index is 168. The molecule has 15 heavy (non-hydrogen) atoms. The molecular formula is C10H24Cl2N2O. The summed E-state index contributed by atoms with van der Waals surface area (Å²) in [7, 11) is 0. The minimum atomic E-state index is 0. The lowest BCUT2D eigenvalue weighted by Gasteiger charge is -2.33. The first kappa shape index (κ1) is 17.8. The van der Waals surface area contributed by atoms with Crippen LogP contribution < -0.4 is 11.9 Å². The van der Waals surface area contributed by atoms with Crippen LogP contribution in [-0.2, 0) is 4.74 Å². The largest absolute Gasteiger partial charge is 0.380 e. The van der Waals surface area contributed by atoms with Crippen LogP contribution in [0, 0.1) is 17.8 Å². The van der Waals surface area contributed by atoms with Gasteiger partial charge in [-0.3, -0.25) is 0 Å². The van der Waals surface area contributed by atoms with Gasteiger partial charge in [0.05, 0.1) is 6.61 Å². The Morgan fingerprint density at radius 1 is 1.20 bits per heavy atom. The third-order valence-corrected chi connectivity index (χ3v) is 3.50. The minimum absolute atomic E-state index is 0. The summed E-state index contributed by atoms with van der Waals surface area (Å²) in [5.41, 5.74) is 6.02. The van der Waals surface area contributed by atoms with Gasteiger partial charge in [0.25, 0.3) is 0 Å². The number of halogens is 2. The van der Waals surface area contributed by atoms with E-state index in [1.807, 2.05) is 0 Å². The lowest BCUT2D eigenvalue weighted by molar-refractivity contribution is 0.0280. The van der Waals surface area contributed by atoms with E-state index in [-0.39, 0.29) is 31.0 Å². The topological polar surface area (TPSA) is 70.2 Å². The molecule has 0 aromatic rings. The Balaban J connectivity index is 0. The van der Waals surface area contributed by atoms with Gasteiger partial charge < -0.3 is 16.6 Å². The van der Waals surface area contributed by atoms with E-state index in [4.69, 9.17) is 10.5 Å². The molecule has 2 rings (SSSR count). The molecule has 3 atom stereocenters. The van der Waals surface area contributed by atoms with Crippen molar-refractivity contribution in [1.29, 1.82) is 0 Å². The summed E-state index contributed by atoms with van der Waals surface area (Å²) in [6.45, 7) is 4.07. The highest BCUT2D eigenvalue weighted by molar-refractivity contribution is 5.85. The van der Waals surface area contributed by atoms with E-state index in [2.05, 4.69) is 6.92 Å². The van der Waals surface area contributed by atoms with E-state index in [1.165, 1.54) is 19.3 Å². The summed E-state index contributed by atoms with van der Waals surface area (Å²) in [5, 5.41) is 0. The van der Waals surface area contributed by atoms with Gasteiger partial charge in [-0.1, -0.05) is 6.92 Å². The van der Waals surface area contributed by atoms with Gasteiger partial charge in [-0.05, 0) is 37.0 Å². The Labute approximate surface area is 105 Å². The highest BCUT2D eigenvalue weighted by Crippen LogP contribution is 2.42. The highest BCUT2D eigenvalue weighted by atomic mass is 35.5. The van der Waals surface area contributed by atoms with Crippen LogP contribution >= 0.6 is 24.8 Å². The van der Waals surface area contributed by atoms with Crippen molar-refractivity contribution in [1.82, 2.24) is 6.15 Å². The van der Waals surface area contributed by atoms with Gasteiger partial charge in [0.15, 0.2) is 0 Å². The van der Waals surface area contributed by atoms with E-state index in [9.17, 15) is 0 Å². The van der Waals surface area contributed by atoms with Crippen LogP contribution in [0.4, 0.5) is 0 Å². The van der Waals surface area contributed by atoms with Crippen LogP contribution in [0.2, 0.25) is 0 Å². The van der Waals surface area contributed by atoms with Crippen LogP contribution in [-0.4, -0.2) is 19.3 Å². The highest BCUT2D eigenvalue weighted by Gasteiger charge is 2.36. The average Bonchev–Trinajstić information content (AvgIpc) is 2.86. The molecule has 0 amide bonds. The summed E-state index contributed by atoms with van der Waals surface area (Å²) < 4.78 is 5.34. The van der Waals surface area contributed by atoms with Crippen LogP contribution in [0.15, 0.2) is 0 Å². The summed E-state index contributed by atoms with van der Waals surface area (Å²) in [6.07, 6.45) is 4.05. The fourth-order valence-corrected chi connectivity index (χ4v) is 2.40. The van der Waals surface area contributed by atoms with Gasteiger partial charge in [-0.2, -0.15) is 0 Å². The molecule has 0 radical (unpaired) electrons. The minimum Gasteiger partial charge on any atom is -0.380 e. The molecule has 0 spiro atoms. The van der Waals surface area contributed by atoms with Crippen molar-refractivity contribution in [3.63, 3.8) is 0 Å². The molecular weight excluding hydrogens is 235 g/mol. The first-order chi connectivity index (χ1) is 5.79. The number of nitrogens with two attached hydrogens (primary N) is 1. The van der Waals surface area contributed by atoms with Crippen molar-refractivity contribution < 1.29 is 4.74 Å². The van der Waals surface area contributed by atoms with Crippen molar-refractivity contribution in [2.45, 2.75) is 32.2 Å². The van der Waals surface area contributed by atoms with Crippen molar-refractivity contribution in [2.24, 2.45) is 23.5 Å². The predicted octanol–water partition coefficient (Wildman–Crippen LogP) is 2.40. The maximum absolute atomic E-state index is 6.02. The second kappa shape index (κ2) is 7.69. The van der Waals surface area contributed by atoms with E-state index in [0.717, 1.165) is 31.0 Å². The molecule has 1 heterocycles. The first-order valence-corrected chi connectivity index (χ1v) is 5.12. The average molecular weight is 259 g/mol. The number of ether oxygens (including phenoxy) is 1. The molecule has 1 aliphatic heterocycles. The van der Waals surface area contributed by atoms with E-state index in [1.54, 1.807) is 0 Å². The molecule has 1 saturated heterocycles. The van der Waals surface area contributed by atoms with Crippen LogP contribution in [0.3, 0.4) is 0 Å². The zero-order chi connectivity index (χ0) is 8.55. The predicted molar refractivity (Wildman–Crippen MR) is 68.3 cm³/mol. The van der Waals surface area contributed by atoms with Crippen molar-refractivity contribution in [2.75, 3.05) is 13.2 Å². The van der Waals surface area contributed by atoms with Gasteiger partial charge in [-0.25, -0.2) is 0 Å². The van der Waals surface area contributed by atoms with Crippen LogP contribution in [0.25, 0.3) is 0 Å². The molecule has 5 heteroatoms. The van der Waals surface area contributed by atoms with E-state index < -0.39 is 0 Å². The van der Waals surface area contributed by atoms with Gasteiger partial charge in [0.1, 0.15) is 0 Å². The Hall–Kier alpha value is 0.460. The lowest BCUT2D eigenvalue weighted by Crippen LogP contribution is -2.42. The number of hydrogen-bond acceptors (Lipinski definition) is 3. The normalized spacial score (nSPS) is 31.6. The fraction of sp³-hybridized carbons (Fsp3) is 1.00. The van der Waals surface area contributed by atoms with Gasteiger partial charge in [0, 0.05) is 12.6 Å². The molecule has 5 N–H and O–H groups in total. The number of hydrogen-bond donors (Lipinski definition) is 2. The standard InChI is InChI=1S/C10H19NO.2ClH.H3N/c1-7(8-2-3-8)9-4-5-12-6-10(9)11;;;/h7-10H,2-6,11H2,1H3;2*1H;1H3. The molecule has 0 aromatic carbocycles. The number of rotatable bonds is 2. The Morgan fingerprint density at radius 3 is 2.27 bits per heavy atom. The second-order valence-electron chi connectivity index (χ2n) is 4.39. The monoisotopic (exact) mass is 258 g/mol. The summed E-state index contributed by atoms with van der Waals surface area (Å²) in [5.74, 6) is 2.55. The first-order valence-electron chi connectivity index (χ1n) is 5.12. The van der Waals surface area contributed by atoms with Gasteiger partial charge in [-0.15, -0.1) is 24.8 Å². The Kier molecular flexibility index (Phi) is 9.14. The molecule has 94 valence electrons. The van der Waals surface area contributed by atoms with Gasteiger partial charge >= 0.3 is 0 Å². The second-order valence-corrected chi connectivity index (χ2v) is 4.39. The molecule has 0 bridgehead atoms. The molecule has 2 fully saturated rings. The quantitative estimate of drug-likeness (QED) is 0.800. The molecule has 1 saturated carbocycles. The third kappa shape index (κ3) is 4.45.